The van der Waals surface area contributed by atoms with Crippen molar-refractivity contribution in [2.24, 2.45) is 0 Å². The number of benzene rings is 1. The lowest BCUT2D eigenvalue weighted by molar-refractivity contribution is 0.0953. The number of hydrogen-bond donors (Lipinski definition) is 1. The van der Waals surface area contributed by atoms with E-state index in [2.05, 4.69) is 17.2 Å². The molecule has 0 atom stereocenters. The standard InChI is InChI=1S/C16H20N2O3S/c1-10-11(2)22-15(18-10)7-8-17-16(19)12-5-6-13(20-3)14(9-12)21-4/h5-6,9H,7-8H2,1-4H3,(H,17,19). The zero-order valence-corrected chi connectivity index (χ0v) is 14.0. The summed E-state index contributed by atoms with van der Waals surface area (Å²) in [5.74, 6) is 1.01. The highest BCUT2D eigenvalue weighted by Crippen LogP contribution is 2.27. The molecule has 0 radical (unpaired) electrons. The molecule has 2 aromatic rings. The Labute approximate surface area is 134 Å². The smallest absolute Gasteiger partial charge is 0.251 e. The summed E-state index contributed by atoms with van der Waals surface area (Å²) in [5.41, 5.74) is 1.61. The van der Waals surface area contributed by atoms with Crippen LogP contribution in [0, 0.1) is 13.8 Å². The van der Waals surface area contributed by atoms with Gasteiger partial charge in [0.25, 0.3) is 5.91 Å². The third kappa shape index (κ3) is 3.76. The van der Waals surface area contributed by atoms with Gasteiger partial charge in [0.15, 0.2) is 11.5 Å². The van der Waals surface area contributed by atoms with Gasteiger partial charge in [-0.05, 0) is 32.0 Å². The highest BCUT2D eigenvalue weighted by atomic mass is 32.1. The van der Waals surface area contributed by atoms with Crippen molar-refractivity contribution < 1.29 is 14.3 Å². The molecule has 0 aliphatic heterocycles. The van der Waals surface area contributed by atoms with E-state index in [-0.39, 0.29) is 5.91 Å². The molecule has 0 bridgehead atoms. The molecule has 0 unspecified atom stereocenters. The van der Waals surface area contributed by atoms with E-state index in [1.807, 2.05) is 6.92 Å². The molecule has 118 valence electrons. The Bertz CT molecular complexity index is 648. The average molecular weight is 320 g/mol. The largest absolute Gasteiger partial charge is 0.493 e. The predicted molar refractivity (Wildman–Crippen MR) is 87.2 cm³/mol. The van der Waals surface area contributed by atoms with E-state index in [0.717, 1.165) is 17.1 Å². The van der Waals surface area contributed by atoms with E-state index in [1.54, 1.807) is 43.8 Å². The van der Waals surface area contributed by atoms with Crippen LogP contribution >= 0.6 is 11.3 Å². The number of ether oxygens (including phenoxy) is 2. The molecule has 6 heteroatoms. The highest BCUT2D eigenvalue weighted by Gasteiger charge is 2.11. The first-order chi connectivity index (χ1) is 10.5. The summed E-state index contributed by atoms with van der Waals surface area (Å²) < 4.78 is 10.4. The van der Waals surface area contributed by atoms with Crippen LogP contribution < -0.4 is 14.8 Å². The van der Waals surface area contributed by atoms with Crippen LogP contribution in [0.3, 0.4) is 0 Å². The van der Waals surface area contributed by atoms with Crippen molar-refractivity contribution in [2.75, 3.05) is 20.8 Å². The number of aromatic nitrogens is 1. The van der Waals surface area contributed by atoms with E-state index in [4.69, 9.17) is 9.47 Å². The highest BCUT2D eigenvalue weighted by molar-refractivity contribution is 7.11. The molecule has 0 aliphatic carbocycles. The average Bonchev–Trinajstić information content (AvgIpc) is 2.84. The molecular formula is C16H20N2O3S. The second kappa shape index (κ2) is 7.26. The Morgan fingerprint density at radius 1 is 1.23 bits per heavy atom. The van der Waals surface area contributed by atoms with Crippen LogP contribution in [0.5, 0.6) is 11.5 Å². The minimum absolute atomic E-state index is 0.133. The van der Waals surface area contributed by atoms with Crippen LogP contribution in [-0.2, 0) is 6.42 Å². The number of carbonyl (C=O) groups excluding carboxylic acids is 1. The number of hydrogen-bond acceptors (Lipinski definition) is 5. The summed E-state index contributed by atoms with van der Waals surface area (Å²) in [6.07, 6.45) is 0.735. The molecule has 0 saturated carbocycles. The maximum Gasteiger partial charge on any atom is 0.251 e. The van der Waals surface area contributed by atoms with Gasteiger partial charge in [0, 0.05) is 23.4 Å². The molecule has 1 aromatic carbocycles. The molecule has 1 aromatic heterocycles. The number of methoxy groups -OCH3 is 2. The number of aryl methyl sites for hydroxylation is 2. The van der Waals surface area contributed by atoms with Crippen molar-refractivity contribution in [3.05, 3.63) is 39.3 Å². The topological polar surface area (TPSA) is 60.5 Å². The van der Waals surface area contributed by atoms with E-state index < -0.39 is 0 Å². The number of rotatable bonds is 6. The predicted octanol–water partition coefficient (Wildman–Crippen LogP) is 2.75. The Hall–Kier alpha value is -2.08. The van der Waals surface area contributed by atoms with Crippen LogP contribution in [0.2, 0.25) is 0 Å². The van der Waals surface area contributed by atoms with Crippen LogP contribution in [-0.4, -0.2) is 31.7 Å². The zero-order valence-electron chi connectivity index (χ0n) is 13.2. The minimum atomic E-state index is -0.133. The fourth-order valence-electron chi connectivity index (χ4n) is 2.01. The molecule has 1 heterocycles. The number of carbonyl (C=O) groups is 1. The Kier molecular flexibility index (Phi) is 5.38. The monoisotopic (exact) mass is 320 g/mol. The molecule has 0 spiro atoms. The zero-order chi connectivity index (χ0) is 16.1. The van der Waals surface area contributed by atoms with Gasteiger partial charge in [-0.15, -0.1) is 11.3 Å². The van der Waals surface area contributed by atoms with Gasteiger partial charge in [0.2, 0.25) is 0 Å². The minimum Gasteiger partial charge on any atom is -0.493 e. The van der Waals surface area contributed by atoms with Gasteiger partial charge in [-0.1, -0.05) is 0 Å². The Morgan fingerprint density at radius 2 is 1.95 bits per heavy atom. The third-order valence-electron chi connectivity index (χ3n) is 3.34. The van der Waals surface area contributed by atoms with Crippen molar-refractivity contribution in [3.63, 3.8) is 0 Å². The molecule has 1 amide bonds. The van der Waals surface area contributed by atoms with Gasteiger partial charge < -0.3 is 14.8 Å². The van der Waals surface area contributed by atoms with Crippen molar-refractivity contribution in [2.45, 2.75) is 20.3 Å². The first-order valence-corrected chi connectivity index (χ1v) is 7.80. The third-order valence-corrected chi connectivity index (χ3v) is 4.48. The lowest BCUT2D eigenvalue weighted by Crippen LogP contribution is -2.25. The van der Waals surface area contributed by atoms with Crippen molar-refractivity contribution in [1.29, 1.82) is 0 Å². The summed E-state index contributed by atoms with van der Waals surface area (Å²) >= 11 is 1.67. The first kappa shape index (κ1) is 16.3. The van der Waals surface area contributed by atoms with Gasteiger partial charge in [-0.25, -0.2) is 4.98 Å². The van der Waals surface area contributed by atoms with Crippen LogP contribution in [0.4, 0.5) is 0 Å². The van der Waals surface area contributed by atoms with Gasteiger partial charge >= 0.3 is 0 Å². The van der Waals surface area contributed by atoms with Crippen LogP contribution in [0.25, 0.3) is 0 Å². The lowest BCUT2D eigenvalue weighted by atomic mass is 10.2. The van der Waals surface area contributed by atoms with E-state index >= 15 is 0 Å². The molecule has 22 heavy (non-hydrogen) atoms. The summed E-state index contributed by atoms with van der Waals surface area (Å²) in [6, 6.07) is 5.11. The van der Waals surface area contributed by atoms with Crippen LogP contribution in [0.1, 0.15) is 25.9 Å². The molecule has 0 fully saturated rings. The summed E-state index contributed by atoms with van der Waals surface area (Å²) in [7, 11) is 3.11. The van der Waals surface area contributed by atoms with Gasteiger partial charge in [0.05, 0.1) is 24.9 Å². The van der Waals surface area contributed by atoms with Gasteiger partial charge in [0.1, 0.15) is 0 Å². The fraction of sp³-hybridized carbons (Fsp3) is 0.375. The van der Waals surface area contributed by atoms with Crippen molar-refractivity contribution >= 4 is 17.2 Å². The Balaban J connectivity index is 1.94. The van der Waals surface area contributed by atoms with Crippen LogP contribution in [0.15, 0.2) is 18.2 Å². The summed E-state index contributed by atoms with van der Waals surface area (Å²) in [4.78, 5) is 17.8. The molecule has 1 N–H and O–H groups in total. The SMILES string of the molecule is COc1ccc(C(=O)NCCc2nc(C)c(C)s2)cc1OC. The normalized spacial score (nSPS) is 10.4. The van der Waals surface area contributed by atoms with Gasteiger partial charge in [-0.2, -0.15) is 0 Å². The second-order valence-corrected chi connectivity index (χ2v) is 6.11. The van der Waals surface area contributed by atoms with Gasteiger partial charge in [-0.3, -0.25) is 4.79 Å². The molecule has 0 saturated heterocycles. The van der Waals surface area contributed by atoms with Crippen molar-refractivity contribution in [1.82, 2.24) is 10.3 Å². The second-order valence-electron chi connectivity index (χ2n) is 4.82. The lowest BCUT2D eigenvalue weighted by Gasteiger charge is -2.09. The quantitative estimate of drug-likeness (QED) is 0.889. The molecule has 5 nitrogen and oxygen atoms in total. The summed E-state index contributed by atoms with van der Waals surface area (Å²) in [6.45, 7) is 4.61. The number of nitrogens with one attached hydrogen (secondary N) is 1. The molecular weight excluding hydrogens is 300 g/mol. The maximum absolute atomic E-state index is 12.2. The van der Waals surface area contributed by atoms with E-state index in [9.17, 15) is 4.79 Å². The molecule has 2 rings (SSSR count). The summed E-state index contributed by atoms with van der Waals surface area (Å²) in [5, 5.41) is 3.94. The number of thiazole rings is 1. The maximum atomic E-state index is 12.2. The van der Waals surface area contributed by atoms with E-state index in [0.29, 0.717) is 23.6 Å². The Morgan fingerprint density at radius 3 is 2.55 bits per heavy atom. The number of nitrogens with zero attached hydrogens (tertiary/aromatic N) is 1. The fourth-order valence-corrected chi connectivity index (χ4v) is 2.94. The first-order valence-electron chi connectivity index (χ1n) is 6.98. The molecule has 0 aliphatic rings. The van der Waals surface area contributed by atoms with Crippen molar-refractivity contribution in [3.8, 4) is 11.5 Å². The number of amides is 1. The van der Waals surface area contributed by atoms with E-state index in [1.165, 1.54) is 4.88 Å².